The summed E-state index contributed by atoms with van der Waals surface area (Å²) in [4.78, 5) is 18.6. The maximum atomic E-state index is 12.2. The van der Waals surface area contributed by atoms with E-state index < -0.39 is 11.4 Å². The van der Waals surface area contributed by atoms with Crippen LogP contribution in [0.5, 0.6) is 0 Å². The molecule has 1 atom stereocenters. The summed E-state index contributed by atoms with van der Waals surface area (Å²) in [6.07, 6.45) is 1.96. The number of nitrogens with zero attached hydrogens (tertiary/aromatic N) is 3. The van der Waals surface area contributed by atoms with Crippen LogP contribution in [0.15, 0.2) is 28.8 Å². The number of benzene rings is 1. The third-order valence-corrected chi connectivity index (χ3v) is 5.03. The first-order chi connectivity index (χ1) is 11.9. The average Bonchev–Trinajstić information content (AvgIpc) is 3.07. The van der Waals surface area contributed by atoms with Crippen LogP contribution in [0.25, 0.3) is 0 Å². The second kappa shape index (κ2) is 6.86. The van der Waals surface area contributed by atoms with E-state index in [1.807, 2.05) is 49.9 Å². The van der Waals surface area contributed by atoms with E-state index in [1.54, 1.807) is 0 Å². The highest BCUT2D eigenvalue weighted by molar-refractivity contribution is 5.76. The van der Waals surface area contributed by atoms with Crippen LogP contribution in [0, 0.1) is 12.3 Å². The molecule has 0 amide bonds. The van der Waals surface area contributed by atoms with E-state index in [2.05, 4.69) is 10.1 Å². The van der Waals surface area contributed by atoms with Crippen LogP contribution in [0.2, 0.25) is 0 Å². The predicted molar refractivity (Wildman–Crippen MR) is 94.8 cm³/mol. The Morgan fingerprint density at radius 2 is 2.16 bits per heavy atom. The number of rotatable bonds is 5. The minimum Gasteiger partial charge on any atom is -0.481 e. The zero-order valence-corrected chi connectivity index (χ0v) is 15.0. The van der Waals surface area contributed by atoms with Gasteiger partial charge in [-0.2, -0.15) is 4.98 Å². The molecule has 1 saturated heterocycles. The molecule has 25 heavy (non-hydrogen) atoms. The fraction of sp³-hybridized carbons (Fsp3) is 0.526. The van der Waals surface area contributed by atoms with E-state index in [0.717, 1.165) is 24.1 Å². The van der Waals surface area contributed by atoms with Gasteiger partial charge in [0, 0.05) is 19.0 Å². The largest absolute Gasteiger partial charge is 0.481 e. The van der Waals surface area contributed by atoms with Gasteiger partial charge in [0.25, 0.3) is 5.95 Å². The van der Waals surface area contributed by atoms with Gasteiger partial charge < -0.3 is 14.5 Å². The number of aryl methyl sites for hydroxylation is 1. The molecule has 0 saturated carbocycles. The van der Waals surface area contributed by atoms with Crippen LogP contribution in [0.1, 0.15) is 49.6 Å². The summed E-state index contributed by atoms with van der Waals surface area (Å²) in [5.74, 6) is 0.481. The maximum absolute atomic E-state index is 12.2. The van der Waals surface area contributed by atoms with Gasteiger partial charge in [0.1, 0.15) is 0 Å². The van der Waals surface area contributed by atoms with E-state index in [9.17, 15) is 9.90 Å². The fourth-order valence-electron chi connectivity index (χ4n) is 3.46. The summed E-state index contributed by atoms with van der Waals surface area (Å²) in [6, 6.07) is 7.99. The number of aliphatic carboxylic acids is 1. The molecule has 1 aliphatic heterocycles. The van der Waals surface area contributed by atoms with E-state index in [1.165, 1.54) is 0 Å². The summed E-state index contributed by atoms with van der Waals surface area (Å²) >= 11 is 0. The Morgan fingerprint density at radius 3 is 2.80 bits per heavy atom. The third-order valence-electron chi connectivity index (χ3n) is 5.03. The normalized spacial score (nSPS) is 20.9. The molecule has 1 aromatic heterocycles. The highest BCUT2D eigenvalue weighted by Gasteiger charge is 2.43. The average molecular weight is 343 g/mol. The summed E-state index contributed by atoms with van der Waals surface area (Å²) in [5.41, 5.74) is 1.38. The monoisotopic (exact) mass is 343 g/mol. The van der Waals surface area contributed by atoms with Crippen molar-refractivity contribution in [3.63, 3.8) is 0 Å². The maximum Gasteiger partial charge on any atom is 0.311 e. The van der Waals surface area contributed by atoms with Crippen molar-refractivity contribution >= 4 is 11.9 Å². The molecule has 134 valence electrons. The highest BCUT2D eigenvalue weighted by atomic mass is 16.5. The number of piperidine rings is 1. The first kappa shape index (κ1) is 17.5. The topological polar surface area (TPSA) is 79.5 Å². The lowest BCUT2D eigenvalue weighted by Crippen LogP contribution is -2.49. The van der Waals surface area contributed by atoms with Crippen LogP contribution in [0.3, 0.4) is 0 Å². The number of hydrogen-bond donors (Lipinski definition) is 1. The Hall–Kier alpha value is -2.37. The number of anilines is 1. The van der Waals surface area contributed by atoms with Crippen LogP contribution < -0.4 is 4.90 Å². The molecule has 0 spiro atoms. The van der Waals surface area contributed by atoms with Gasteiger partial charge in [0.2, 0.25) is 5.89 Å². The first-order valence-electron chi connectivity index (χ1n) is 8.78. The third kappa shape index (κ3) is 3.52. The second-order valence-electron chi connectivity index (χ2n) is 7.30. The first-order valence-corrected chi connectivity index (χ1v) is 8.78. The number of carboxylic acids is 1. The van der Waals surface area contributed by atoms with Crippen molar-refractivity contribution in [2.24, 2.45) is 5.41 Å². The van der Waals surface area contributed by atoms with Crippen molar-refractivity contribution < 1.29 is 14.4 Å². The lowest BCUT2D eigenvalue weighted by molar-refractivity contribution is -0.149. The smallest absolute Gasteiger partial charge is 0.311 e. The van der Waals surface area contributed by atoms with E-state index in [-0.39, 0.29) is 5.92 Å². The summed E-state index contributed by atoms with van der Waals surface area (Å²) in [6.45, 7) is 7.16. The molecule has 3 rings (SSSR count). The number of hydrogen-bond acceptors (Lipinski definition) is 5. The number of aromatic nitrogens is 2. The van der Waals surface area contributed by atoms with Crippen LogP contribution in [-0.2, 0) is 11.2 Å². The van der Waals surface area contributed by atoms with Gasteiger partial charge in [-0.1, -0.05) is 38.1 Å². The molecule has 0 bridgehead atoms. The minimum atomic E-state index is -0.830. The highest BCUT2D eigenvalue weighted by Crippen LogP contribution is 2.36. The predicted octanol–water partition coefficient (Wildman–Crippen LogP) is 3.42. The van der Waals surface area contributed by atoms with E-state index >= 15 is 0 Å². The van der Waals surface area contributed by atoms with Crippen LogP contribution >= 0.6 is 0 Å². The van der Waals surface area contributed by atoms with Gasteiger partial charge in [-0.25, -0.2) is 0 Å². The van der Waals surface area contributed by atoms with E-state index in [0.29, 0.717) is 31.2 Å². The molecule has 2 heterocycles. The van der Waals surface area contributed by atoms with Crippen molar-refractivity contribution in [2.75, 3.05) is 18.0 Å². The SMILES string of the molecule is Cc1ccccc1C[C@@]1(C(=O)O)CCCN(c2noc(C(C)C)n2)C1. The van der Waals surface area contributed by atoms with Gasteiger partial charge in [0.15, 0.2) is 0 Å². The molecule has 0 unspecified atom stereocenters. The number of carboxylic acid groups (broad SMARTS) is 1. The van der Waals surface area contributed by atoms with Crippen LogP contribution in [-0.4, -0.2) is 34.3 Å². The van der Waals surface area contributed by atoms with Crippen molar-refractivity contribution in [3.8, 4) is 0 Å². The summed E-state index contributed by atoms with van der Waals surface area (Å²) in [5, 5.41) is 14.1. The van der Waals surface area contributed by atoms with Crippen molar-refractivity contribution in [1.29, 1.82) is 0 Å². The van der Waals surface area contributed by atoms with Crippen molar-refractivity contribution in [1.82, 2.24) is 10.1 Å². The Morgan fingerprint density at radius 1 is 1.40 bits per heavy atom. The lowest BCUT2D eigenvalue weighted by Gasteiger charge is -2.39. The summed E-state index contributed by atoms with van der Waals surface area (Å²) < 4.78 is 5.30. The Balaban J connectivity index is 1.86. The minimum absolute atomic E-state index is 0.155. The number of carbonyl (C=O) groups is 1. The van der Waals surface area contributed by atoms with Crippen molar-refractivity contribution in [3.05, 3.63) is 41.3 Å². The molecule has 1 aromatic carbocycles. The van der Waals surface area contributed by atoms with Gasteiger partial charge >= 0.3 is 5.97 Å². The standard InChI is InChI=1S/C19H25N3O3/c1-13(2)16-20-18(21-25-16)22-10-6-9-19(12-22,17(23)24)11-15-8-5-4-7-14(15)3/h4-5,7-8,13H,6,9-12H2,1-3H3,(H,23,24)/t19-/m0/s1. The molecular formula is C19H25N3O3. The molecule has 6 nitrogen and oxygen atoms in total. The molecule has 6 heteroatoms. The summed E-state index contributed by atoms with van der Waals surface area (Å²) in [7, 11) is 0. The van der Waals surface area contributed by atoms with E-state index in [4.69, 9.17) is 4.52 Å². The van der Waals surface area contributed by atoms with Gasteiger partial charge in [-0.15, -0.1) is 0 Å². The Bertz CT molecular complexity index is 756. The van der Waals surface area contributed by atoms with Gasteiger partial charge in [0.05, 0.1) is 5.41 Å². The van der Waals surface area contributed by atoms with Gasteiger partial charge in [-0.3, -0.25) is 4.79 Å². The lowest BCUT2D eigenvalue weighted by atomic mass is 9.74. The second-order valence-corrected chi connectivity index (χ2v) is 7.30. The Labute approximate surface area is 147 Å². The Kier molecular flexibility index (Phi) is 4.79. The zero-order chi connectivity index (χ0) is 18.0. The van der Waals surface area contributed by atoms with Crippen LogP contribution in [0.4, 0.5) is 5.95 Å². The molecule has 0 aliphatic carbocycles. The molecule has 1 aliphatic rings. The van der Waals surface area contributed by atoms with Crippen molar-refractivity contribution in [2.45, 2.75) is 46.0 Å². The fourth-order valence-corrected chi connectivity index (χ4v) is 3.46. The molecular weight excluding hydrogens is 318 g/mol. The molecule has 0 radical (unpaired) electrons. The quantitative estimate of drug-likeness (QED) is 0.896. The molecule has 1 fully saturated rings. The molecule has 2 aromatic rings. The van der Waals surface area contributed by atoms with Gasteiger partial charge in [-0.05, 0) is 42.5 Å². The zero-order valence-electron chi connectivity index (χ0n) is 15.0. The molecule has 1 N–H and O–H groups in total.